The van der Waals surface area contributed by atoms with Gasteiger partial charge in [0.2, 0.25) is 15.8 Å². The lowest BCUT2D eigenvalue weighted by Crippen LogP contribution is -2.13. The van der Waals surface area contributed by atoms with Gasteiger partial charge in [0.05, 0.1) is 27.8 Å². The first-order valence-corrected chi connectivity index (χ1v) is 12.1. The molecule has 0 bridgehead atoms. The molecule has 0 amide bonds. The Morgan fingerprint density at radius 3 is 2.43 bits per heavy atom. The molecule has 0 aliphatic rings. The van der Waals surface area contributed by atoms with Gasteiger partial charge in [-0.1, -0.05) is 12.1 Å². The number of carbonyl (C=O) groups is 2. The van der Waals surface area contributed by atoms with Gasteiger partial charge in [0.1, 0.15) is 0 Å². The highest BCUT2D eigenvalue weighted by molar-refractivity contribution is 7.89. The molecule has 178 valence electrons. The third-order valence-electron chi connectivity index (χ3n) is 5.36. The number of esters is 1. The molecule has 2 aromatic carbocycles. The molecule has 2 aromatic heterocycles. The number of Topliss-reactive ketones (excluding diaryl/α,β-unsaturated/α-hetero) is 1. The molecule has 10 heteroatoms. The SMILES string of the molecule is Cc1cc(C(=O)COC(=O)/C=C/c2cnc3ccccc3n2)c(C)n1-c1ccc(S(N)(=O)=O)cc1. The molecular formula is C25H22N4O5S. The van der Waals surface area contributed by atoms with Gasteiger partial charge in [-0.15, -0.1) is 0 Å². The zero-order chi connectivity index (χ0) is 25.2. The van der Waals surface area contributed by atoms with Crippen LogP contribution in [0.25, 0.3) is 22.8 Å². The second-order valence-electron chi connectivity index (χ2n) is 7.81. The highest BCUT2D eigenvalue weighted by Gasteiger charge is 2.18. The molecule has 2 heterocycles. The van der Waals surface area contributed by atoms with Crippen molar-refractivity contribution in [1.29, 1.82) is 0 Å². The first kappa shape index (κ1) is 24.0. The van der Waals surface area contributed by atoms with Crippen LogP contribution in [0, 0.1) is 13.8 Å². The van der Waals surface area contributed by atoms with Crippen LogP contribution in [0.2, 0.25) is 0 Å². The Balaban J connectivity index is 1.43. The number of sulfonamides is 1. The van der Waals surface area contributed by atoms with Gasteiger partial charge >= 0.3 is 5.97 Å². The Hall–Kier alpha value is -4.15. The maximum Gasteiger partial charge on any atom is 0.331 e. The fourth-order valence-corrected chi connectivity index (χ4v) is 4.21. The van der Waals surface area contributed by atoms with E-state index in [2.05, 4.69) is 9.97 Å². The van der Waals surface area contributed by atoms with E-state index in [-0.39, 0.29) is 10.7 Å². The van der Waals surface area contributed by atoms with E-state index in [1.54, 1.807) is 35.9 Å². The van der Waals surface area contributed by atoms with Gasteiger partial charge in [0.15, 0.2) is 6.61 Å². The maximum atomic E-state index is 12.7. The molecule has 0 spiro atoms. The van der Waals surface area contributed by atoms with E-state index in [1.807, 2.05) is 31.2 Å². The van der Waals surface area contributed by atoms with Crippen molar-refractivity contribution in [2.45, 2.75) is 18.7 Å². The van der Waals surface area contributed by atoms with Crippen molar-refractivity contribution < 1.29 is 22.7 Å². The van der Waals surface area contributed by atoms with E-state index in [9.17, 15) is 18.0 Å². The smallest absolute Gasteiger partial charge is 0.331 e. The van der Waals surface area contributed by atoms with Crippen LogP contribution in [0.15, 0.2) is 71.8 Å². The molecule has 0 saturated carbocycles. The fourth-order valence-electron chi connectivity index (χ4n) is 3.70. The van der Waals surface area contributed by atoms with Gasteiger partial charge in [-0.05, 0) is 62.4 Å². The third kappa shape index (κ3) is 5.34. The molecule has 0 atom stereocenters. The van der Waals surface area contributed by atoms with Crippen LogP contribution in [0.3, 0.4) is 0 Å². The van der Waals surface area contributed by atoms with E-state index in [0.29, 0.717) is 28.2 Å². The molecule has 35 heavy (non-hydrogen) atoms. The minimum atomic E-state index is -3.80. The van der Waals surface area contributed by atoms with Crippen LogP contribution < -0.4 is 5.14 Å². The molecule has 4 rings (SSSR count). The number of carbonyl (C=O) groups excluding carboxylic acids is 2. The number of para-hydroxylation sites is 2. The molecule has 9 nitrogen and oxygen atoms in total. The second kappa shape index (κ2) is 9.61. The topological polar surface area (TPSA) is 134 Å². The average Bonchev–Trinajstić information content (AvgIpc) is 3.14. The summed E-state index contributed by atoms with van der Waals surface area (Å²) in [6.07, 6.45) is 4.22. The van der Waals surface area contributed by atoms with Crippen molar-refractivity contribution in [1.82, 2.24) is 14.5 Å². The molecule has 0 unspecified atom stereocenters. The molecule has 0 saturated heterocycles. The first-order chi connectivity index (χ1) is 16.6. The van der Waals surface area contributed by atoms with Crippen molar-refractivity contribution in [3.05, 3.63) is 89.5 Å². The lowest BCUT2D eigenvalue weighted by atomic mass is 10.1. The summed E-state index contributed by atoms with van der Waals surface area (Å²) in [5, 5.41) is 5.15. The molecule has 2 N–H and O–H groups in total. The molecule has 0 aliphatic carbocycles. The van der Waals surface area contributed by atoms with Crippen LogP contribution in [0.4, 0.5) is 0 Å². The van der Waals surface area contributed by atoms with E-state index in [4.69, 9.17) is 9.88 Å². The number of fused-ring (bicyclic) bond motifs is 1. The summed E-state index contributed by atoms with van der Waals surface area (Å²) in [6, 6.07) is 15.1. The van der Waals surface area contributed by atoms with Gasteiger partial charge < -0.3 is 9.30 Å². The minimum Gasteiger partial charge on any atom is -0.454 e. The average molecular weight is 491 g/mol. The van der Waals surface area contributed by atoms with Crippen LogP contribution in [0.1, 0.15) is 27.4 Å². The van der Waals surface area contributed by atoms with E-state index < -0.39 is 22.6 Å². The van der Waals surface area contributed by atoms with Crippen LogP contribution in [-0.4, -0.2) is 41.3 Å². The van der Waals surface area contributed by atoms with Crippen molar-refractivity contribution >= 4 is 38.9 Å². The molecule has 0 fully saturated rings. The lowest BCUT2D eigenvalue weighted by Gasteiger charge is -2.10. The lowest BCUT2D eigenvalue weighted by molar-refractivity contribution is -0.136. The predicted molar refractivity (Wildman–Crippen MR) is 130 cm³/mol. The van der Waals surface area contributed by atoms with Gasteiger partial charge in [0, 0.05) is 28.7 Å². The van der Waals surface area contributed by atoms with Crippen molar-refractivity contribution in [3.63, 3.8) is 0 Å². The number of ether oxygens (including phenoxy) is 1. The highest BCUT2D eigenvalue weighted by Crippen LogP contribution is 2.22. The Bertz CT molecular complexity index is 1570. The molecule has 0 radical (unpaired) electrons. The highest BCUT2D eigenvalue weighted by atomic mass is 32.2. The number of primary sulfonamides is 1. The number of benzene rings is 2. The number of nitrogens with zero attached hydrogens (tertiary/aromatic N) is 3. The number of hydrogen-bond acceptors (Lipinski definition) is 7. The standard InChI is InChI=1S/C25H22N4O5S/c1-16-13-21(17(2)29(16)19-8-10-20(11-9-19)35(26,32)33)24(30)15-34-25(31)12-7-18-14-27-22-5-3-4-6-23(22)28-18/h3-14H,15H2,1-2H3,(H2,26,32,33)/b12-7+. The Kier molecular flexibility index (Phi) is 6.59. The van der Waals surface area contributed by atoms with E-state index in [0.717, 1.165) is 11.2 Å². The van der Waals surface area contributed by atoms with Crippen molar-refractivity contribution in [2.75, 3.05) is 6.61 Å². The summed E-state index contributed by atoms with van der Waals surface area (Å²) in [6.45, 7) is 3.14. The Labute approximate surface area is 201 Å². The predicted octanol–water partition coefficient (Wildman–Crippen LogP) is 3.12. The van der Waals surface area contributed by atoms with Gasteiger partial charge in [-0.25, -0.2) is 23.3 Å². The fraction of sp³-hybridized carbons (Fsp3) is 0.120. The quantitative estimate of drug-likeness (QED) is 0.239. The van der Waals surface area contributed by atoms with Crippen molar-refractivity contribution in [2.24, 2.45) is 5.14 Å². The maximum absolute atomic E-state index is 12.7. The van der Waals surface area contributed by atoms with Crippen molar-refractivity contribution in [3.8, 4) is 5.69 Å². The van der Waals surface area contributed by atoms with Crippen LogP contribution >= 0.6 is 0 Å². The zero-order valence-corrected chi connectivity index (χ0v) is 19.8. The summed E-state index contributed by atoms with van der Waals surface area (Å²) in [4.78, 5) is 33.5. The molecule has 0 aliphatic heterocycles. The van der Waals surface area contributed by atoms with Gasteiger partial charge in [-0.3, -0.25) is 9.78 Å². The van der Waals surface area contributed by atoms with Gasteiger partial charge in [0.25, 0.3) is 0 Å². The summed E-state index contributed by atoms with van der Waals surface area (Å²) in [5.41, 5.74) is 4.40. The Morgan fingerprint density at radius 1 is 1.06 bits per heavy atom. The Morgan fingerprint density at radius 2 is 1.74 bits per heavy atom. The first-order valence-electron chi connectivity index (χ1n) is 10.6. The van der Waals surface area contributed by atoms with Gasteiger partial charge in [-0.2, -0.15) is 0 Å². The number of aromatic nitrogens is 3. The number of nitrogens with two attached hydrogens (primary N) is 1. The van der Waals surface area contributed by atoms with E-state index >= 15 is 0 Å². The van der Waals surface area contributed by atoms with E-state index in [1.165, 1.54) is 24.3 Å². The normalized spacial score (nSPS) is 11.7. The summed E-state index contributed by atoms with van der Waals surface area (Å²) in [7, 11) is -3.80. The second-order valence-corrected chi connectivity index (χ2v) is 9.37. The summed E-state index contributed by atoms with van der Waals surface area (Å²) in [5.74, 6) is -1.04. The molecule has 4 aromatic rings. The number of aryl methyl sites for hydroxylation is 1. The summed E-state index contributed by atoms with van der Waals surface area (Å²) >= 11 is 0. The third-order valence-corrected chi connectivity index (χ3v) is 6.29. The number of hydrogen-bond donors (Lipinski definition) is 1. The number of ketones is 1. The van der Waals surface area contributed by atoms with Crippen LogP contribution in [0.5, 0.6) is 0 Å². The monoisotopic (exact) mass is 490 g/mol. The summed E-state index contributed by atoms with van der Waals surface area (Å²) < 4.78 is 29.9. The molecular weight excluding hydrogens is 468 g/mol. The minimum absolute atomic E-state index is 0.00495. The van der Waals surface area contributed by atoms with Crippen LogP contribution in [-0.2, 0) is 19.6 Å². The largest absolute Gasteiger partial charge is 0.454 e. The zero-order valence-electron chi connectivity index (χ0n) is 19.0. The number of rotatable bonds is 7.